The van der Waals surface area contributed by atoms with Crippen LogP contribution in [0.5, 0.6) is 0 Å². The van der Waals surface area contributed by atoms with Crippen LogP contribution in [0.3, 0.4) is 0 Å². The number of hydrogen-bond acceptors (Lipinski definition) is 3. The molecular formula is C25H25N3O2. The predicted molar refractivity (Wildman–Crippen MR) is 121 cm³/mol. The van der Waals surface area contributed by atoms with E-state index in [1.165, 1.54) is 5.56 Å². The molecule has 0 saturated carbocycles. The molecule has 3 rings (SSSR count). The zero-order valence-electron chi connectivity index (χ0n) is 17.3. The summed E-state index contributed by atoms with van der Waals surface area (Å²) < 4.78 is 0. The Kier molecular flexibility index (Phi) is 6.42. The molecule has 2 N–H and O–H groups in total. The Hall–Kier alpha value is -3.73. The average molecular weight is 399 g/mol. The first kappa shape index (κ1) is 21.0. The lowest BCUT2D eigenvalue weighted by atomic mass is 9.87. The third kappa shape index (κ3) is 5.64. The number of amides is 2. The lowest BCUT2D eigenvalue weighted by molar-refractivity contribution is 0.0954. The summed E-state index contributed by atoms with van der Waals surface area (Å²) in [6.45, 7) is 6.40. The molecule has 0 aromatic heterocycles. The first-order valence-corrected chi connectivity index (χ1v) is 9.73. The smallest absolute Gasteiger partial charge is 0.271 e. The van der Waals surface area contributed by atoms with E-state index >= 15 is 0 Å². The van der Waals surface area contributed by atoms with Crippen LogP contribution in [0.2, 0.25) is 0 Å². The first-order chi connectivity index (χ1) is 14.3. The van der Waals surface area contributed by atoms with Crippen LogP contribution in [0.25, 0.3) is 0 Å². The highest BCUT2D eigenvalue weighted by molar-refractivity contribution is 6.04. The van der Waals surface area contributed by atoms with E-state index < -0.39 is 0 Å². The summed E-state index contributed by atoms with van der Waals surface area (Å²) in [5.74, 6) is -0.516. The quantitative estimate of drug-likeness (QED) is 0.468. The molecule has 0 unspecified atom stereocenters. The fraction of sp³-hybridized carbons (Fsp3) is 0.160. The van der Waals surface area contributed by atoms with Gasteiger partial charge in [0.05, 0.1) is 6.21 Å². The number of hydrogen-bond donors (Lipinski definition) is 2. The summed E-state index contributed by atoms with van der Waals surface area (Å²) in [6.07, 6.45) is 1.58. The Morgan fingerprint density at radius 3 is 1.93 bits per heavy atom. The van der Waals surface area contributed by atoms with Crippen molar-refractivity contribution in [2.24, 2.45) is 5.10 Å². The van der Waals surface area contributed by atoms with Crippen LogP contribution >= 0.6 is 0 Å². The molecule has 0 aliphatic heterocycles. The van der Waals surface area contributed by atoms with Crippen molar-refractivity contribution < 1.29 is 9.59 Å². The molecular weight excluding hydrogens is 374 g/mol. The van der Waals surface area contributed by atoms with Crippen molar-refractivity contribution in [3.63, 3.8) is 0 Å². The number of benzene rings is 3. The van der Waals surface area contributed by atoms with Gasteiger partial charge in [-0.1, -0.05) is 63.2 Å². The maximum absolute atomic E-state index is 12.5. The van der Waals surface area contributed by atoms with Crippen molar-refractivity contribution in [2.45, 2.75) is 26.2 Å². The maximum Gasteiger partial charge on any atom is 0.271 e. The molecule has 2 amide bonds. The van der Waals surface area contributed by atoms with E-state index in [0.29, 0.717) is 16.8 Å². The summed E-state index contributed by atoms with van der Waals surface area (Å²) in [5, 5.41) is 6.81. The normalized spacial score (nSPS) is 11.3. The molecule has 0 spiro atoms. The minimum atomic E-state index is -0.321. The lowest BCUT2D eigenvalue weighted by Crippen LogP contribution is -2.18. The highest BCUT2D eigenvalue weighted by Crippen LogP contribution is 2.22. The average Bonchev–Trinajstić information content (AvgIpc) is 2.74. The van der Waals surface area contributed by atoms with Gasteiger partial charge in [-0.25, -0.2) is 5.43 Å². The van der Waals surface area contributed by atoms with Crippen LogP contribution < -0.4 is 10.7 Å². The molecule has 0 bridgehead atoms. The van der Waals surface area contributed by atoms with Gasteiger partial charge in [0, 0.05) is 16.8 Å². The standard InChI is InChI=1S/C25H25N3O2/c1-25(2,3)21-13-9-19(10-14-21)23(29)27-22-15-11-20(12-16-22)24(30)28-26-17-18-7-5-4-6-8-18/h4-17H,1-3H3,(H,27,29)(H,28,30)/b26-17+. The van der Waals surface area contributed by atoms with Crippen LogP contribution in [0.15, 0.2) is 84.0 Å². The zero-order valence-corrected chi connectivity index (χ0v) is 17.3. The van der Waals surface area contributed by atoms with Gasteiger partial charge in [0.15, 0.2) is 0 Å². The predicted octanol–water partition coefficient (Wildman–Crippen LogP) is 5.00. The lowest BCUT2D eigenvalue weighted by Gasteiger charge is -2.19. The van der Waals surface area contributed by atoms with E-state index in [-0.39, 0.29) is 17.2 Å². The van der Waals surface area contributed by atoms with Crippen molar-refractivity contribution in [2.75, 3.05) is 5.32 Å². The second-order valence-corrected chi connectivity index (χ2v) is 7.97. The molecule has 30 heavy (non-hydrogen) atoms. The van der Waals surface area contributed by atoms with E-state index in [9.17, 15) is 9.59 Å². The zero-order chi connectivity index (χ0) is 21.6. The molecule has 5 nitrogen and oxygen atoms in total. The van der Waals surface area contributed by atoms with Gasteiger partial charge in [0.2, 0.25) is 0 Å². The second kappa shape index (κ2) is 9.18. The van der Waals surface area contributed by atoms with Crippen molar-refractivity contribution in [3.05, 3.63) is 101 Å². The number of nitrogens with zero attached hydrogens (tertiary/aromatic N) is 1. The number of carbonyl (C=O) groups is 2. The van der Waals surface area contributed by atoms with E-state index in [1.807, 2.05) is 54.6 Å². The third-order valence-electron chi connectivity index (χ3n) is 4.60. The molecule has 0 aliphatic rings. The van der Waals surface area contributed by atoms with Gasteiger partial charge >= 0.3 is 0 Å². The number of carbonyl (C=O) groups excluding carboxylic acids is 2. The van der Waals surface area contributed by atoms with Gasteiger partial charge < -0.3 is 5.32 Å². The highest BCUT2D eigenvalue weighted by Gasteiger charge is 2.14. The van der Waals surface area contributed by atoms with Crippen molar-refractivity contribution in [1.29, 1.82) is 0 Å². The van der Waals surface area contributed by atoms with E-state index in [4.69, 9.17) is 0 Å². The summed E-state index contributed by atoms with van der Waals surface area (Å²) in [5.41, 5.74) is 6.25. The number of nitrogens with one attached hydrogen (secondary N) is 2. The van der Waals surface area contributed by atoms with Gasteiger partial charge in [0.1, 0.15) is 0 Å². The fourth-order valence-electron chi connectivity index (χ4n) is 2.80. The molecule has 0 heterocycles. The minimum absolute atomic E-state index is 0.0382. The molecule has 3 aromatic rings. The number of hydrazone groups is 1. The van der Waals surface area contributed by atoms with Crippen LogP contribution in [-0.2, 0) is 5.41 Å². The summed E-state index contributed by atoms with van der Waals surface area (Å²) >= 11 is 0. The van der Waals surface area contributed by atoms with E-state index in [1.54, 1.807) is 30.5 Å². The Morgan fingerprint density at radius 1 is 0.767 bits per heavy atom. The van der Waals surface area contributed by atoms with Crippen molar-refractivity contribution in [3.8, 4) is 0 Å². The molecule has 0 fully saturated rings. The largest absolute Gasteiger partial charge is 0.322 e. The molecule has 152 valence electrons. The SMILES string of the molecule is CC(C)(C)c1ccc(C(=O)Nc2ccc(C(=O)N/N=C/c3ccccc3)cc2)cc1. The highest BCUT2D eigenvalue weighted by atomic mass is 16.2. The Labute approximate surface area is 176 Å². The summed E-state index contributed by atoms with van der Waals surface area (Å²) in [6, 6.07) is 23.8. The third-order valence-corrected chi connectivity index (χ3v) is 4.60. The van der Waals surface area contributed by atoms with Crippen molar-refractivity contribution in [1.82, 2.24) is 5.43 Å². The van der Waals surface area contributed by atoms with Gasteiger partial charge in [-0.15, -0.1) is 0 Å². The van der Waals surface area contributed by atoms with Gasteiger partial charge in [-0.05, 0) is 52.9 Å². The topological polar surface area (TPSA) is 70.6 Å². The van der Waals surface area contributed by atoms with E-state index in [2.05, 4.69) is 36.6 Å². The molecule has 5 heteroatoms. The molecule has 0 atom stereocenters. The molecule has 0 saturated heterocycles. The van der Waals surface area contributed by atoms with Crippen molar-refractivity contribution >= 4 is 23.7 Å². The van der Waals surface area contributed by atoms with Crippen LogP contribution in [-0.4, -0.2) is 18.0 Å². The Bertz CT molecular complexity index is 1030. The number of anilines is 1. The van der Waals surface area contributed by atoms with E-state index in [0.717, 1.165) is 5.56 Å². The van der Waals surface area contributed by atoms with Crippen LogP contribution in [0.1, 0.15) is 52.6 Å². The first-order valence-electron chi connectivity index (χ1n) is 9.73. The second-order valence-electron chi connectivity index (χ2n) is 7.97. The molecule has 0 radical (unpaired) electrons. The molecule has 3 aromatic carbocycles. The van der Waals surface area contributed by atoms with Gasteiger partial charge in [-0.2, -0.15) is 5.10 Å². The minimum Gasteiger partial charge on any atom is -0.322 e. The van der Waals surface area contributed by atoms with Crippen LogP contribution in [0.4, 0.5) is 5.69 Å². The fourth-order valence-corrected chi connectivity index (χ4v) is 2.80. The monoisotopic (exact) mass is 399 g/mol. The van der Waals surface area contributed by atoms with Crippen LogP contribution in [0, 0.1) is 0 Å². The number of rotatable bonds is 5. The van der Waals surface area contributed by atoms with Gasteiger partial charge in [0.25, 0.3) is 11.8 Å². The summed E-state index contributed by atoms with van der Waals surface area (Å²) in [4.78, 5) is 24.7. The molecule has 0 aliphatic carbocycles. The summed E-state index contributed by atoms with van der Waals surface area (Å²) in [7, 11) is 0. The van der Waals surface area contributed by atoms with Gasteiger partial charge in [-0.3, -0.25) is 9.59 Å². The Balaban J connectivity index is 1.58. The Morgan fingerprint density at radius 2 is 1.33 bits per heavy atom. The maximum atomic E-state index is 12.5.